The van der Waals surface area contributed by atoms with Gasteiger partial charge in [-0.1, -0.05) is 0 Å². The highest BCUT2D eigenvalue weighted by Crippen LogP contribution is 2.28. The van der Waals surface area contributed by atoms with Crippen molar-refractivity contribution in [1.29, 1.82) is 0 Å². The molecule has 18 heavy (non-hydrogen) atoms. The van der Waals surface area contributed by atoms with Gasteiger partial charge in [0.25, 0.3) is 0 Å². The van der Waals surface area contributed by atoms with Crippen LogP contribution in [0.4, 0.5) is 5.00 Å². The first-order chi connectivity index (χ1) is 8.40. The molecule has 0 fully saturated rings. The van der Waals surface area contributed by atoms with Gasteiger partial charge in [-0.25, -0.2) is 4.79 Å². The topological polar surface area (TPSA) is 106 Å². The van der Waals surface area contributed by atoms with Gasteiger partial charge in [0.05, 0.1) is 12.3 Å². The Morgan fingerprint density at radius 3 is 2.72 bits per heavy atom. The summed E-state index contributed by atoms with van der Waals surface area (Å²) >= 11 is 0.954. The van der Waals surface area contributed by atoms with Gasteiger partial charge in [-0.05, 0) is 18.5 Å². The number of likely N-dealkylation sites (N-methyl/N-ethyl adjacent to an activating group) is 1. The molecule has 1 amide bonds. The number of anilines is 1. The van der Waals surface area contributed by atoms with Gasteiger partial charge in [0, 0.05) is 14.2 Å². The third kappa shape index (κ3) is 2.84. The van der Waals surface area contributed by atoms with Gasteiger partial charge in [0.15, 0.2) is 0 Å². The number of carboxylic acids is 1. The summed E-state index contributed by atoms with van der Waals surface area (Å²) < 4.78 is 8.73. The van der Waals surface area contributed by atoms with Crippen LogP contribution < -0.4 is 10.6 Å². The third-order valence-electron chi connectivity index (χ3n) is 2.36. The third-order valence-corrected chi connectivity index (χ3v) is 3.37. The second-order valence-electron chi connectivity index (χ2n) is 3.71. The highest BCUT2D eigenvalue weighted by molar-refractivity contribution is 7.11. The van der Waals surface area contributed by atoms with Crippen molar-refractivity contribution in [2.75, 3.05) is 25.7 Å². The molecule has 1 rings (SSSR count). The van der Waals surface area contributed by atoms with Gasteiger partial charge in [-0.15, -0.1) is 0 Å². The van der Waals surface area contributed by atoms with Crippen LogP contribution in [-0.2, 0) is 9.53 Å². The SMILES string of the molecule is COCC(N)C(=O)N(C)c1snc(C)c1C(=O)O. The quantitative estimate of drug-likeness (QED) is 0.787. The van der Waals surface area contributed by atoms with E-state index in [4.69, 9.17) is 15.6 Å². The highest BCUT2D eigenvalue weighted by Gasteiger charge is 2.26. The minimum atomic E-state index is -1.11. The standard InChI is InChI=1S/C10H15N3O4S/c1-5-7(10(15)16)9(18-12-5)13(2)8(14)6(11)4-17-3/h6H,4,11H2,1-3H3,(H,15,16). The van der Waals surface area contributed by atoms with Crippen LogP contribution in [0.1, 0.15) is 16.1 Å². The van der Waals surface area contributed by atoms with Crippen LogP contribution in [0.2, 0.25) is 0 Å². The fourth-order valence-corrected chi connectivity index (χ4v) is 2.29. The number of nitrogens with zero attached hydrogens (tertiary/aromatic N) is 2. The molecule has 3 N–H and O–H groups in total. The summed E-state index contributed by atoms with van der Waals surface area (Å²) in [6.07, 6.45) is 0. The molecule has 1 aromatic rings. The Kier molecular flexibility index (Phi) is 4.76. The number of aromatic carboxylic acids is 1. The number of carbonyl (C=O) groups excluding carboxylic acids is 1. The molecule has 1 unspecified atom stereocenters. The Morgan fingerprint density at radius 2 is 2.22 bits per heavy atom. The molecule has 0 saturated carbocycles. The predicted octanol–water partition coefficient (Wildman–Crippen LogP) is 0.0862. The maximum atomic E-state index is 11.9. The average Bonchev–Trinajstić information content (AvgIpc) is 2.69. The minimum absolute atomic E-state index is 0.0282. The van der Waals surface area contributed by atoms with E-state index in [-0.39, 0.29) is 17.2 Å². The molecular formula is C10H15N3O4S. The first kappa shape index (κ1) is 14.6. The molecule has 0 aliphatic rings. The normalized spacial score (nSPS) is 12.2. The van der Waals surface area contributed by atoms with Crippen molar-refractivity contribution in [2.45, 2.75) is 13.0 Å². The van der Waals surface area contributed by atoms with E-state index in [1.54, 1.807) is 6.92 Å². The van der Waals surface area contributed by atoms with E-state index in [0.717, 1.165) is 11.5 Å². The lowest BCUT2D eigenvalue weighted by Crippen LogP contribution is -2.44. The van der Waals surface area contributed by atoms with Crippen molar-refractivity contribution < 1.29 is 19.4 Å². The predicted molar refractivity (Wildman–Crippen MR) is 67.1 cm³/mol. The van der Waals surface area contributed by atoms with Crippen LogP contribution in [0.15, 0.2) is 0 Å². The number of aromatic nitrogens is 1. The second kappa shape index (κ2) is 5.89. The number of nitrogens with two attached hydrogens (primary N) is 1. The van der Waals surface area contributed by atoms with E-state index < -0.39 is 17.9 Å². The summed E-state index contributed by atoms with van der Waals surface area (Å²) in [5, 5.41) is 9.36. The van der Waals surface area contributed by atoms with Crippen molar-refractivity contribution in [3.63, 3.8) is 0 Å². The van der Waals surface area contributed by atoms with E-state index >= 15 is 0 Å². The molecule has 0 radical (unpaired) electrons. The molecule has 1 aromatic heterocycles. The lowest BCUT2D eigenvalue weighted by molar-refractivity contribution is -0.120. The van der Waals surface area contributed by atoms with Crippen molar-refractivity contribution >= 4 is 28.4 Å². The summed E-state index contributed by atoms with van der Waals surface area (Å²) in [6, 6.07) is -0.830. The van der Waals surface area contributed by atoms with Crippen molar-refractivity contribution in [2.24, 2.45) is 5.73 Å². The summed E-state index contributed by atoms with van der Waals surface area (Å²) in [5.74, 6) is -1.53. The number of hydrogen-bond acceptors (Lipinski definition) is 6. The Bertz CT molecular complexity index is 460. The molecule has 7 nitrogen and oxygen atoms in total. The van der Waals surface area contributed by atoms with Gasteiger partial charge in [0.1, 0.15) is 16.6 Å². The van der Waals surface area contributed by atoms with E-state index in [2.05, 4.69) is 4.37 Å². The van der Waals surface area contributed by atoms with Crippen molar-refractivity contribution in [1.82, 2.24) is 4.37 Å². The molecule has 0 aliphatic carbocycles. The van der Waals surface area contributed by atoms with Gasteiger partial charge in [-0.2, -0.15) is 4.37 Å². The minimum Gasteiger partial charge on any atom is -0.478 e. The second-order valence-corrected chi connectivity index (χ2v) is 4.46. The van der Waals surface area contributed by atoms with Crippen LogP contribution in [-0.4, -0.2) is 48.2 Å². The number of ether oxygens (including phenoxy) is 1. The van der Waals surface area contributed by atoms with Crippen LogP contribution in [0.25, 0.3) is 0 Å². The Labute approximate surface area is 108 Å². The summed E-state index contributed by atoms with van der Waals surface area (Å²) in [6.45, 7) is 1.65. The molecule has 1 atom stereocenters. The van der Waals surface area contributed by atoms with Crippen LogP contribution >= 0.6 is 11.5 Å². The fourth-order valence-electron chi connectivity index (χ4n) is 1.43. The summed E-state index contributed by atoms with van der Waals surface area (Å²) in [4.78, 5) is 24.2. The largest absolute Gasteiger partial charge is 0.478 e. The van der Waals surface area contributed by atoms with E-state index in [9.17, 15) is 9.59 Å². The molecule has 1 heterocycles. The van der Waals surface area contributed by atoms with Crippen LogP contribution in [0, 0.1) is 6.92 Å². The monoisotopic (exact) mass is 273 g/mol. The van der Waals surface area contributed by atoms with Crippen LogP contribution in [0.5, 0.6) is 0 Å². The van der Waals surface area contributed by atoms with Gasteiger partial charge < -0.3 is 20.5 Å². The zero-order chi connectivity index (χ0) is 13.9. The summed E-state index contributed by atoms with van der Waals surface area (Å²) in [7, 11) is 2.91. The van der Waals surface area contributed by atoms with E-state index in [1.807, 2.05) is 0 Å². The molecule has 8 heteroatoms. The number of amides is 1. The fraction of sp³-hybridized carbons (Fsp3) is 0.500. The number of rotatable bonds is 5. The average molecular weight is 273 g/mol. The molecule has 0 spiro atoms. The Balaban J connectivity index is 3.00. The number of aryl methyl sites for hydroxylation is 1. The first-order valence-electron chi connectivity index (χ1n) is 5.11. The zero-order valence-corrected chi connectivity index (χ0v) is 11.2. The number of hydrogen-bond donors (Lipinski definition) is 2. The molecular weight excluding hydrogens is 258 g/mol. The zero-order valence-electron chi connectivity index (χ0n) is 10.3. The lowest BCUT2D eigenvalue weighted by atomic mass is 10.2. The van der Waals surface area contributed by atoms with Gasteiger partial charge in [0.2, 0.25) is 5.91 Å². The van der Waals surface area contributed by atoms with Gasteiger partial charge >= 0.3 is 5.97 Å². The molecule has 0 aromatic carbocycles. The molecule has 0 bridgehead atoms. The molecule has 0 aliphatic heterocycles. The molecule has 0 saturated heterocycles. The smallest absolute Gasteiger partial charge is 0.340 e. The Morgan fingerprint density at radius 1 is 1.61 bits per heavy atom. The summed E-state index contributed by atoms with van der Waals surface area (Å²) in [5.41, 5.74) is 6.03. The van der Waals surface area contributed by atoms with Gasteiger partial charge in [-0.3, -0.25) is 4.79 Å². The first-order valence-corrected chi connectivity index (χ1v) is 5.89. The van der Waals surface area contributed by atoms with Crippen molar-refractivity contribution in [3.05, 3.63) is 11.3 Å². The number of carboxylic acid groups (broad SMARTS) is 1. The number of carbonyl (C=O) groups is 2. The number of methoxy groups -OCH3 is 1. The van der Waals surface area contributed by atoms with Crippen LogP contribution in [0.3, 0.4) is 0 Å². The highest BCUT2D eigenvalue weighted by atomic mass is 32.1. The molecule has 100 valence electrons. The lowest BCUT2D eigenvalue weighted by Gasteiger charge is -2.19. The van der Waals surface area contributed by atoms with E-state index in [1.165, 1.54) is 19.1 Å². The maximum Gasteiger partial charge on any atom is 0.340 e. The Hall–Kier alpha value is -1.51. The van der Waals surface area contributed by atoms with E-state index in [0.29, 0.717) is 5.69 Å². The van der Waals surface area contributed by atoms with Crippen molar-refractivity contribution in [3.8, 4) is 0 Å². The maximum absolute atomic E-state index is 11.9.